The molecule has 0 N–H and O–H groups in total. The Balaban J connectivity index is 1.71. The molecule has 1 saturated heterocycles. The summed E-state index contributed by atoms with van der Waals surface area (Å²) < 4.78 is 14.4. The van der Waals surface area contributed by atoms with Gasteiger partial charge in [0.2, 0.25) is 0 Å². The smallest absolute Gasteiger partial charge is 0.132 e. The van der Waals surface area contributed by atoms with Gasteiger partial charge in [0.25, 0.3) is 0 Å². The third kappa shape index (κ3) is 4.04. The van der Waals surface area contributed by atoms with Crippen molar-refractivity contribution in [2.75, 3.05) is 13.1 Å². The summed E-state index contributed by atoms with van der Waals surface area (Å²) in [6, 6.07) is 14.1. The largest absolute Gasteiger partial charge is 0.297 e. The molecular formula is C21H22ClFN4. The molecule has 0 atom stereocenters. The molecule has 0 saturated carbocycles. The van der Waals surface area contributed by atoms with Crippen molar-refractivity contribution in [2.24, 2.45) is 5.92 Å². The van der Waals surface area contributed by atoms with Gasteiger partial charge < -0.3 is 0 Å². The first-order chi connectivity index (χ1) is 13.1. The molecule has 27 heavy (non-hydrogen) atoms. The van der Waals surface area contributed by atoms with Crippen LogP contribution in [0.25, 0.3) is 16.9 Å². The number of likely N-dealkylation sites (tertiary alicyclic amines) is 1. The summed E-state index contributed by atoms with van der Waals surface area (Å²) in [5.41, 5.74) is 2.68. The third-order valence-corrected chi connectivity index (χ3v) is 5.37. The molecule has 1 aliphatic heterocycles. The van der Waals surface area contributed by atoms with Gasteiger partial charge in [0.15, 0.2) is 0 Å². The Hall–Kier alpha value is -2.24. The Morgan fingerprint density at radius 2 is 1.74 bits per heavy atom. The van der Waals surface area contributed by atoms with Gasteiger partial charge in [-0.05, 0) is 68.2 Å². The van der Waals surface area contributed by atoms with Crippen molar-refractivity contribution in [3.63, 3.8) is 0 Å². The second kappa shape index (κ2) is 7.79. The van der Waals surface area contributed by atoms with Crippen LogP contribution in [-0.4, -0.2) is 33.0 Å². The van der Waals surface area contributed by atoms with Gasteiger partial charge in [-0.15, -0.1) is 5.10 Å². The number of rotatable bonds is 4. The summed E-state index contributed by atoms with van der Waals surface area (Å²) in [5.74, 6) is 0.478. The molecule has 6 heteroatoms. The number of hydrogen-bond donors (Lipinski definition) is 0. The van der Waals surface area contributed by atoms with Crippen LogP contribution in [0.4, 0.5) is 4.39 Å². The van der Waals surface area contributed by atoms with E-state index in [-0.39, 0.29) is 5.82 Å². The van der Waals surface area contributed by atoms with Gasteiger partial charge in [0.1, 0.15) is 17.2 Å². The Kier molecular flexibility index (Phi) is 5.23. The van der Waals surface area contributed by atoms with Gasteiger partial charge in [-0.1, -0.05) is 30.7 Å². The predicted molar refractivity (Wildman–Crippen MR) is 105 cm³/mol. The lowest BCUT2D eigenvalue weighted by Crippen LogP contribution is -2.32. The first-order valence-corrected chi connectivity index (χ1v) is 9.67. The molecule has 3 aromatic rings. The fraction of sp³-hybridized carbons (Fsp3) is 0.333. The summed E-state index contributed by atoms with van der Waals surface area (Å²) in [4.78, 5) is 3.95. The van der Waals surface area contributed by atoms with Gasteiger partial charge >= 0.3 is 0 Å². The molecule has 0 radical (unpaired) electrons. The minimum Gasteiger partial charge on any atom is -0.297 e. The van der Waals surface area contributed by atoms with E-state index in [0.29, 0.717) is 22.8 Å². The second-order valence-electron chi connectivity index (χ2n) is 7.20. The van der Waals surface area contributed by atoms with E-state index in [1.165, 1.54) is 18.9 Å². The van der Waals surface area contributed by atoms with Crippen molar-refractivity contribution in [2.45, 2.75) is 26.3 Å². The summed E-state index contributed by atoms with van der Waals surface area (Å²) in [6.45, 7) is 5.03. The summed E-state index contributed by atoms with van der Waals surface area (Å²) in [6.07, 6.45) is 2.36. The van der Waals surface area contributed by atoms with E-state index >= 15 is 0 Å². The third-order valence-electron chi connectivity index (χ3n) is 5.12. The number of halogens is 2. The molecule has 0 bridgehead atoms. The van der Waals surface area contributed by atoms with E-state index in [2.05, 4.69) is 16.9 Å². The van der Waals surface area contributed by atoms with Gasteiger partial charge in [-0.3, -0.25) is 4.90 Å². The maximum Gasteiger partial charge on any atom is 0.132 e. The SMILES string of the molecule is CC1CCN(Cc2nn(-c3ccc(Cl)cc3)nc2-c2ccccc2F)CC1. The lowest BCUT2D eigenvalue weighted by molar-refractivity contribution is 0.183. The van der Waals surface area contributed by atoms with Crippen LogP contribution < -0.4 is 0 Å². The molecule has 1 aromatic heterocycles. The first-order valence-electron chi connectivity index (χ1n) is 9.29. The normalized spacial score (nSPS) is 16.0. The van der Waals surface area contributed by atoms with Crippen molar-refractivity contribution in [3.8, 4) is 16.9 Å². The second-order valence-corrected chi connectivity index (χ2v) is 7.64. The van der Waals surface area contributed by atoms with Crippen molar-refractivity contribution >= 4 is 11.6 Å². The molecular weight excluding hydrogens is 363 g/mol. The average Bonchev–Trinajstić information content (AvgIpc) is 3.08. The maximum absolute atomic E-state index is 14.4. The van der Waals surface area contributed by atoms with Crippen molar-refractivity contribution in [1.82, 2.24) is 19.9 Å². The summed E-state index contributed by atoms with van der Waals surface area (Å²) in [7, 11) is 0. The highest BCUT2D eigenvalue weighted by Gasteiger charge is 2.22. The average molecular weight is 385 g/mol. The maximum atomic E-state index is 14.4. The van der Waals surface area contributed by atoms with E-state index in [9.17, 15) is 4.39 Å². The Morgan fingerprint density at radius 1 is 1.04 bits per heavy atom. The van der Waals surface area contributed by atoms with Crippen LogP contribution in [0.3, 0.4) is 0 Å². The van der Waals surface area contributed by atoms with E-state index in [4.69, 9.17) is 16.7 Å². The molecule has 1 aliphatic rings. The van der Waals surface area contributed by atoms with Crippen LogP contribution in [0.2, 0.25) is 5.02 Å². The van der Waals surface area contributed by atoms with Gasteiger partial charge in [0, 0.05) is 17.1 Å². The molecule has 140 valence electrons. The van der Waals surface area contributed by atoms with Crippen molar-refractivity contribution in [3.05, 3.63) is 65.1 Å². The van der Waals surface area contributed by atoms with Gasteiger partial charge in [-0.2, -0.15) is 9.90 Å². The molecule has 2 aromatic carbocycles. The zero-order valence-electron chi connectivity index (χ0n) is 15.3. The highest BCUT2D eigenvalue weighted by Crippen LogP contribution is 2.27. The lowest BCUT2D eigenvalue weighted by Gasteiger charge is -2.29. The zero-order valence-corrected chi connectivity index (χ0v) is 16.0. The van der Waals surface area contributed by atoms with Crippen molar-refractivity contribution < 1.29 is 4.39 Å². The van der Waals surface area contributed by atoms with Crippen LogP contribution in [-0.2, 0) is 6.54 Å². The van der Waals surface area contributed by atoms with Gasteiger partial charge in [-0.25, -0.2) is 4.39 Å². The predicted octanol–water partition coefficient (Wildman–Crippen LogP) is 4.96. The van der Waals surface area contributed by atoms with Crippen LogP contribution in [0.15, 0.2) is 48.5 Å². The standard InChI is InChI=1S/C21H22ClFN4/c1-15-10-12-26(13-11-15)14-20-21(18-4-2-3-5-19(18)23)25-27(24-20)17-8-6-16(22)7-9-17/h2-9,15H,10-14H2,1H3. The van der Waals surface area contributed by atoms with E-state index in [1.54, 1.807) is 29.1 Å². The van der Waals surface area contributed by atoms with E-state index in [1.807, 2.05) is 18.2 Å². The number of hydrogen-bond acceptors (Lipinski definition) is 3. The Bertz CT molecular complexity index is 914. The van der Waals surface area contributed by atoms with Crippen LogP contribution >= 0.6 is 11.6 Å². The monoisotopic (exact) mass is 384 g/mol. The topological polar surface area (TPSA) is 34.0 Å². The first kappa shape index (κ1) is 18.1. The van der Waals surface area contributed by atoms with Crippen LogP contribution in [0.1, 0.15) is 25.5 Å². The zero-order chi connectivity index (χ0) is 18.8. The van der Waals surface area contributed by atoms with E-state index < -0.39 is 0 Å². The molecule has 0 spiro atoms. The number of benzene rings is 2. The minimum atomic E-state index is -0.283. The molecule has 4 rings (SSSR count). The number of piperidine rings is 1. The quantitative estimate of drug-likeness (QED) is 0.637. The fourth-order valence-electron chi connectivity index (χ4n) is 3.43. The summed E-state index contributed by atoms with van der Waals surface area (Å²) >= 11 is 5.99. The Labute approximate surface area is 163 Å². The molecule has 0 amide bonds. The highest BCUT2D eigenvalue weighted by molar-refractivity contribution is 6.30. The molecule has 2 heterocycles. The molecule has 0 unspecified atom stereocenters. The fourth-order valence-corrected chi connectivity index (χ4v) is 3.55. The Morgan fingerprint density at radius 3 is 2.44 bits per heavy atom. The van der Waals surface area contributed by atoms with Gasteiger partial charge in [0.05, 0.1) is 5.69 Å². The number of aromatic nitrogens is 3. The lowest BCUT2D eigenvalue weighted by atomic mass is 9.99. The number of nitrogens with zero attached hydrogens (tertiary/aromatic N) is 4. The van der Waals surface area contributed by atoms with Crippen molar-refractivity contribution in [1.29, 1.82) is 0 Å². The molecule has 0 aliphatic carbocycles. The minimum absolute atomic E-state index is 0.283. The molecule has 4 nitrogen and oxygen atoms in total. The highest BCUT2D eigenvalue weighted by atomic mass is 35.5. The summed E-state index contributed by atoms with van der Waals surface area (Å²) in [5, 5.41) is 9.97. The van der Waals surface area contributed by atoms with E-state index in [0.717, 1.165) is 30.4 Å². The van der Waals surface area contributed by atoms with Crippen LogP contribution in [0.5, 0.6) is 0 Å². The molecule has 1 fully saturated rings. The van der Waals surface area contributed by atoms with Crippen LogP contribution in [0, 0.1) is 11.7 Å².